The minimum atomic E-state index is 0.461. The summed E-state index contributed by atoms with van der Waals surface area (Å²) >= 11 is 6.20. The molecule has 20 heavy (non-hydrogen) atoms. The third-order valence-electron chi connectivity index (χ3n) is 5.06. The van der Waals surface area contributed by atoms with Gasteiger partial charge < -0.3 is 5.32 Å². The van der Waals surface area contributed by atoms with Gasteiger partial charge in [-0.1, -0.05) is 37.6 Å². The van der Waals surface area contributed by atoms with Crippen molar-refractivity contribution in [2.45, 2.75) is 57.9 Å². The van der Waals surface area contributed by atoms with Crippen LogP contribution < -0.4 is 5.32 Å². The van der Waals surface area contributed by atoms with Crippen molar-refractivity contribution in [3.05, 3.63) is 34.9 Å². The van der Waals surface area contributed by atoms with Crippen LogP contribution in [-0.4, -0.2) is 12.6 Å². The Balaban J connectivity index is 1.76. The summed E-state index contributed by atoms with van der Waals surface area (Å²) in [6.45, 7) is 6.00. The Hall–Kier alpha value is -0.530. The highest BCUT2D eigenvalue weighted by molar-refractivity contribution is 6.30. The van der Waals surface area contributed by atoms with Gasteiger partial charge in [0.2, 0.25) is 0 Å². The van der Waals surface area contributed by atoms with Crippen LogP contribution in [0.2, 0.25) is 5.02 Å². The first kappa shape index (κ1) is 14.4. The highest BCUT2D eigenvalue weighted by atomic mass is 35.5. The second-order valence-corrected chi connectivity index (χ2v) is 7.95. The molecule has 1 aromatic carbocycles. The lowest BCUT2D eigenvalue weighted by molar-refractivity contribution is 0.159. The summed E-state index contributed by atoms with van der Waals surface area (Å²) in [4.78, 5) is 0. The highest BCUT2D eigenvalue weighted by Gasteiger charge is 2.36. The van der Waals surface area contributed by atoms with Crippen molar-refractivity contribution in [2.24, 2.45) is 11.3 Å². The first-order valence-electron chi connectivity index (χ1n) is 8.02. The average molecular weight is 292 g/mol. The van der Waals surface area contributed by atoms with Crippen molar-refractivity contribution in [2.75, 3.05) is 6.54 Å². The first-order chi connectivity index (χ1) is 9.53. The van der Waals surface area contributed by atoms with E-state index in [0.717, 1.165) is 17.0 Å². The van der Waals surface area contributed by atoms with Gasteiger partial charge in [-0.15, -0.1) is 0 Å². The Labute approximate surface area is 128 Å². The second kappa shape index (κ2) is 5.69. The third-order valence-corrected chi connectivity index (χ3v) is 5.29. The number of nitrogens with one attached hydrogen (secondary N) is 1. The molecule has 2 atom stereocenters. The zero-order chi connectivity index (χ0) is 14.2. The number of halogens is 1. The predicted molar refractivity (Wildman–Crippen MR) is 86.3 cm³/mol. The molecule has 2 fully saturated rings. The molecule has 3 rings (SSSR count). The molecule has 0 radical (unpaired) electrons. The molecular formula is C18H26ClN. The fourth-order valence-corrected chi connectivity index (χ4v) is 3.82. The fourth-order valence-electron chi connectivity index (χ4n) is 3.62. The summed E-state index contributed by atoms with van der Waals surface area (Å²) in [6.07, 6.45) is 6.72. The van der Waals surface area contributed by atoms with Crippen molar-refractivity contribution >= 4 is 11.6 Å². The van der Waals surface area contributed by atoms with E-state index in [4.69, 9.17) is 11.6 Å². The van der Waals surface area contributed by atoms with Crippen LogP contribution in [0.3, 0.4) is 0 Å². The first-order valence-corrected chi connectivity index (χ1v) is 8.40. The minimum Gasteiger partial charge on any atom is -0.314 e. The Morgan fingerprint density at radius 3 is 2.75 bits per heavy atom. The van der Waals surface area contributed by atoms with E-state index in [1.807, 2.05) is 6.07 Å². The number of hydrogen-bond donors (Lipinski definition) is 1. The number of benzene rings is 1. The lowest BCUT2D eigenvalue weighted by atomic mass is 9.65. The normalized spacial score (nSPS) is 29.4. The SMILES string of the molecule is CC1(C)CCC(CNC2CC2)C(c2cccc(Cl)c2)C1. The Bertz CT molecular complexity index is 462. The minimum absolute atomic E-state index is 0.461. The molecule has 2 aliphatic rings. The summed E-state index contributed by atoms with van der Waals surface area (Å²) in [5, 5.41) is 4.61. The van der Waals surface area contributed by atoms with Gasteiger partial charge in [-0.3, -0.25) is 0 Å². The van der Waals surface area contributed by atoms with Crippen LogP contribution in [0.25, 0.3) is 0 Å². The van der Waals surface area contributed by atoms with Gasteiger partial charge in [0.1, 0.15) is 0 Å². The van der Waals surface area contributed by atoms with E-state index in [-0.39, 0.29) is 0 Å². The van der Waals surface area contributed by atoms with Crippen molar-refractivity contribution in [3.63, 3.8) is 0 Å². The molecule has 2 unspecified atom stereocenters. The molecule has 2 aliphatic carbocycles. The molecular weight excluding hydrogens is 266 g/mol. The van der Waals surface area contributed by atoms with Crippen LogP contribution in [0.15, 0.2) is 24.3 Å². The van der Waals surface area contributed by atoms with Crippen LogP contribution in [0.5, 0.6) is 0 Å². The molecule has 2 heteroatoms. The molecule has 0 bridgehead atoms. The van der Waals surface area contributed by atoms with E-state index in [0.29, 0.717) is 11.3 Å². The molecule has 0 aliphatic heterocycles. The predicted octanol–water partition coefficient (Wildman–Crippen LogP) is 5.00. The lowest BCUT2D eigenvalue weighted by Crippen LogP contribution is -2.35. The van der Waals surface area contributed by atoms with Gasteiger partial charge in [0.05, 0.1) is 0 Å². The standard InChI is InChI=1S/C18H26ClN/c1-18(2)9-8-14(12-20-16-6-7-16)17(11-18)13-4-3-5-15(19)10-13/h3-5,10,14,16-17,20H,6-9,11-12H2,1-2H3. The largest absolute Gasteiger partial charge is 0.314 e. The van der Waals surface area contributed by atoms with Crippen molar-refractivity contribution in [3.8, 4) is 0 Å². The molecule has 0 aromatic heterocycles. The molecule has 1 aromatic rings. The maximum atomic E-state index is 6.20. The smallest absolute Gasteiger partial charge is 0.0408 e. The molecule has 0 saturated heterocycles. The van der Waals surface area contributed by atoms with Gasteiger partial charge in [0.15, 0.2) is 0 Å². The molecule has 1 nitrogen and oxygen atoms in total. The van der Waals surface area contributed by atoms with E-state index in [2.05, 4.69) is 37.4 Å². The Morgan fingerprint density at radius 2 is 2.05 bits per heavy atom. The van der Waals surface area contributed by atoms with Gasteiger partial charge in [-0.05, 0) is 73.6 Å². The summed E-state index contributed by atoms with van der Waals surface area (Å²) in [5.74, 6) is 1.42. The monoisotopic (exact) mass is 291 g/mol. The number of hydrogen-bond acceptors (Lipinski definition) is 1. The summed E-state index contributed by atoms with van der Waals surface area (Å²) in [6, 6.07) is 9.34. The maximum Gasteiger partial charge on any atom is 0.0408 e. The van der Waals surface area contributed by atoms with Crippen LogP contribution in [0, 0.1) is 11.3 Å². The Kier molecular flexibility index (Phi) is 4.10. The zero-order valence-electron chi connectivity index (χ0n) is 12.7. The summed E-state index contributed by atoms with van der Waals surface area (Å²) in [5.41, 5.74) is 1.90. The maximum absolute atomic E-state index is 6.20. The van der Waals surface area contributed by atoms with E-state index in [9.17, 15) is 0 Å². The highest BCUT2D eigenvalue weighted by Crippen LogP contribution is 2.47. The van der Waals surface area contributed by atoms with Crippen LogP contribution in [-0.2, 0) is 0 Å². The Morgan fingerprint density at radius 1 is 1.25 bits per heavy atom. The van der Waals surface area contributed by atoms with Crippen molar-refractivity contribution in [1.82, 2.24) is 5.32 Å². The molecule has 0 spiro atoms. The average Bonchev–Trinajstić information content (AvgIpc) is 3.21. The van der Waals surface area contributed by atoms with E-state index in [1.165, 1.54) is 44.2 Å². The van der Waals surface area contributed by atoms with E-state index < -0.39 is 0 Å². The van der Waals surface area contributed by atoms with Crippen molar-refractivity contribution < 1.29 is 0 Å². The molecule has 1 N–H and O–H groups in total. The molecule has 0 amide bonds. The fraction of sp³-hybridized carbons (Fsp3) is 0.667. The zero-order valence-corrected chi connectivity index (χ0v) is 13.4. The molecule has 0 heterocycles. The topological polar surface area (TPSA) is 12.0 Å². The molecule has 2 saturated carbocycles. The summed E-state index contributed by atoms with van der Waals surface area (Å²) in [7, 11) is 0. The third kappa shape index (κ3) is 3.56. The van der Waals surface area contributed by atoms with Crippen LogP contribution in [0.4, 0.5) is 0 Å². The van der Waals surface area contributed by atoms with Crippen LogP contribution in [0.1, 0.15) is 57.4 Å². The van der Waals surface area contributed by atoms with Crippen molar-refractivity contribution in [1.29, 1.82) is 0 Å². The van der Waals surface area contributed by atoms with Gasteiger partial charge in [0, 0.05) is 11.1 Å². The van der Waals surface area contributed by atoms with Crippen LogP contribution >= 0.6 is 11.6 Å². The summed E-state index contributed by atoms with van der Waals surface area (Å²) < 4.78 is 0. The number of rotatable bonds is 4. The second-order valence-electron chi connectivity index (χ2n) is 7.51. The molecule has 110 valence electrons. The van der Waals surface area contributed by atoms with Gasteiger partial charge >= 0.3 is 0 Å². The van der Waals surface area contributed by atoms with Gasteiger partial charge in [0.25, 0.3) is 0 Å². The van der Waals surface area contributed by atoms with Gasteiger partial charge in [-0.25, -0.2) is 0 Å². The van der Waals surface area contributed by atoms with E-state index >= 15 is 0 Å². The van der Waals surface area contributed by atoms with Gasteiger partial charge in [-0.2, -0.15) is 0 Å². The van der Waals surface area contributed by atoms with E-state index in [1.54, 1.807) is 0 Å². The lowest BCUT2D eigenvalue weighted by Gasteiger charge is -2.41. The quantitative estimate of drug-likeness (QED) is 0.823.